The summed E-state index contributed by atoms with van der Waals surface area (Å²) in [6, 6.07) is 0.136. The van der Waals surface area contributed by atoms with E-state index in [-0.39, 0.29) is 18.5 Å². The molecule has 2 heterocycles. The fraction of sp³-hybridized carbons (Fsp3) is 0.636. The van der Waals surface area contributed by atoms with E-state index >= 15 is 0 Å². The van der Waals surface area contributed by atoms with E-state index in [1.807, 2.05) is 13.8 Å². The zero-order chi connectivity index (χ0) is 12.4. The first-order valence-electron chi connectivity index (χ1n) is 5.74. The third kappa shape index (κ3) is 2.58. The molecule has 6 nitrogen and oxygen atoms in total. The molecule has 17 heavy (non-hydrogen) atoms. The highest BCUT2D eigenvalue weighted by atomic mass is 16.5. The minimum atomic E-state index is -0.0499. The first kappa shape index (κ1) is 11.9. The van der Waals surface area contributed by atoms with E-state index in [1.54, 1.807) is 4.68 Å². The number of hydrogen-bond acceptors (Lipinski definition) is 4. The summed E-state index contributed by atoms with van der Waals surface area (Å²) >= 11 is 0. The van der Waals surface area contributed by atoms with Crippen molar-refractivity contribution in [2.24, 2.45) is 0 Å². The van der Waals surface area contributed by atoms with Crippen LogP contribution < -0.4 is 11.1 Å². The van der Waals surface area contributed by atoms with Gasteiger partial charge in [-0.3, -0.25) is 9.48 Å². The number of carbonyl (C=O) groups excluding carboxylic acids is 1. The number of nitrogens with one attached hydrogen (secondary N) is 1. The molecule has 94 valence electrons. The quantitative estimate of drug-likeness (QED) is 0.775. The number of aromatic nitrogens is 2. The van der Waals surface area contributed by atoms with Crippen molar-refractivity contribution in [2.45, 2.75) is 32.9 Å². The summed E-state index contributed by atoms with van der Waals surface area (Å²) in [5.41, 5.74) is 8.06. The van der Waals surface area contributed by atoms with Gasteiger partial charge in [0.25, 0.3) is 0 Å². The second-order valence-electron chi connectivity index (χ2n) is 4.37. The Labute approximate surface area is 100 Å². The molecule has 1 atom stereocenters. The van der Waals surface area contributed by atoms with Crippen molar-refractivity contribution in [3.63, 3.8) is 0 Å². The number of ether oxygens (including phenoxy) is 1. The highest BCUT2D eigenvalue weighted by Gasteiger charge is 2.18. The van der Waals surface area contributed by atoms with Crippen molar-refractivity contribution in [3.05, 3.63) is 11.4 Å². The largest absolute Gasteiger partial charge is 0.396 e. The Morgan fingerprint density at radius 2 is 2.41 bits per heavy atom. The molecule has 1 saturated heterocycles. The van der Waals surface area contributed by atoms with Gasteiger partial charge in [-0.05, 0) is 20.3 Å². The first-order chi connectivity index (χ1) is 8.08. The maximum atomic E-state index is 11.8. The fourth-order valence-electron chi connectivity index (χ4n) is 1.92. The number of hydrogen-bond donors (Lipinski definition) is 2. The normalized spacial score (nSPS) is 19.5. The number of rotatable bonds is 3. The fourth-order valence-corrected chi connectivity index (χ4v) is 1.92. The molecule has 1 unspecified atom stereocenters. The number of anilines is 1. The summed E-state index contributed by atoms with van der Waals surface area (Å²) in [5, 5.41) is 7.14. The van der Waals surface area contributed by atoms with E-state index in [1.165, 1.54) is 0 Å². The van der Waals surface area contributed by atoms with Crippen molar-refractivity contribution < 1.29 is 9.53 Å². The van der Waals surface area contributed by atoms with Gasteiger partial charge in [-0.2, -0.15) is 5.10 Å². The lowest BCUT2D eigenvalue weighted by Gasteiger charge is -2.11. The maximum absolute atomic E-state index is 11.8. The maximum Gasteiger partial charge on any atom is 0.242 e. The molecule has 0 spiro atoms. The molecule has 1 fully saturated rings. The molecule has 2 rings (SSSR count). The van der Waals surface area contributed by atoms with E-state index in [0.29, 0.717) is 12.3 Å². The van der Waals surface area contributed by atoms with Gasteiger partial charge in [0.05, 0.1) is 29.7 Å². The van der Waals surface area contributed by atoms with E-state index in [9.17, 15) is 4.79 Å². The smallest absolute Gasteiger partial charge is 0.242 e. The SMILES string of the molecule is Cc1nn(CC(=O)NC2CCOC2)c(C)c1N. The van der Waals surface area contributed by atoms with Crippen molar-refractivity contribution in [1.82, 2.24) is 15.1 Å². The second kappa shape index (κ2) is 4.75. The van der Waals surface area contributed by atoms with E-state index in [4.69, 9.17) is 10.5 Å². The van der Waals surface area contributed by atoms with Gasteiger partial charge in [0.15, 0.2) is 0 Å². The van der Waals surface area contributed by atoms with Crippen molar-refractivity contribution in [2.75, 3.05) is 18.9 Å². The first-order valence-corrected chi connectivity index (χ1v) is 5.74. The molecule has 1 aliphatic heterocycles. The average Bonchev–Trinajstić information content (AvgIpc) is 2.85. The monoisotopic (exact) mass is 238 g/mol. The lowest BCUT2D eigenvalue weighted by molar-refractivity contribution is -0.122. The van der Waals surface area contributed by atoms with Crippen LogP contribution in [0.5, 0.6) is 0 Å². The highest BCUT2D eigenvalue weighted by molar-refractivity contribution is 5.76. The Balaban J connectivity index is 1.95. The predicted octanol–water partition coefficient (Wildman–Crippen LogP) is -0.0128. The number of carbonyl (C=O) groups is 1. The molecule has 0 aliphatic carbocycles. The molecule has 1 amide bonds. The van der Waals surface area contributed by atoms with Crippen molar-refractivity contribution in [1.29, 1.82) is 0 Å². The van der Waals surface area contributed by atoms with Crippen LogP contribution in [0.4, 0.5) is 5.69 Å². The Morgan fingerprint density at radius 1 is 1.65 bits per heavy atom. The number of aryl methyl sites for hydroxylation is 1. The van der Waals surface area contributed by atoms with Gasteiger partial charge >= 0.3 is 0 Å². The molecule has 0 radical (unpaired) electrons. The topological polar surface area (TPSA) is 82.2 Å². The average molecular weight is 238 g/mol. The molecule has 6 heteroatoms. The Bertz CT molecular complexity index is 421. The van der Waals surface area contributed by atoms with Crippen LogP contribution in [0.1, 0.15) is 17.8 Å². The molecule has 0 saturated carbocycles. The Morgan fingerprint density at radius 3 is 2.94 bits per heavy atom. The minimum Gasteiger partial charge on any atom is -0.396 e. The van der Waals surface area contributed by atoms with Gasteiger partial charge in [-0.25, -0.2) is 0 Å². The van der Waals surface area contributed by atoms with E-state index < -0.39 is 0 Å². The van der Waals surface area contributed by atoms with Gasteiger partial charge in [-0.1, -0.05) is 0 Å². The van der Waals surface area contributed by atoms with Crippen LogP contribution in [0.2, 0.25) is 0 Å². The second-order valence-corrected chi connectivity index (χ2v) is 4.37. The molecular weight excluding hydrogens is 220 g/mol. The summed E-state index contributed by atoms with van der Waals surface area (Å²) in [7, 11) is 0. The summed E-state index contributed by atoms with van der Waals surface area (Å²) in [5.74, 6) is -0.0499. The zero-order valence-electron chi connectivity index (χ0n) is 10.2. The lowest BCUT2D eigenvalue weighted by Crippen LogP contribution is -2.37. The summed E-state index contributed by atoms with van der Waals surface area (Å²) in [6.45, 7) is 5.23. The Kier molecular flexibility index (Phi) is 3.33. The standard InChI is InChI=1S/C11H18N4O2/c1-7-11(12)8(2)15(14-7)5-10(16)13-9-3-4-17-6-9/h9H,3-6,12H2,1-2H3,(H,13,16). The van der Waals surface area contributed by atoms with Gasteiger partial charge in [-0.15, -0.1) is 0 Å². The molecule has 1 aliphatic rings. The van der Waals surface area contributed by atoms with Gasteiger partial charge < -0.3 is 15.8 Å². The van der Waals surface area contributed by atoms with Crippen LogP contribution >= 0.6 is 0 Å². The number of nitrogens with zero attached hydrogens (tertiary/aromatic N) is 2. The third-order valence-corrected chi connectivity index (χ3v) is 3.03. The van der Waals surface area contributed by atoms with Crippen LogP contribution in [0.3, 0.4) is 0 Å². The van der Waals surface area contributed by atoms with Gasteiger partial charge in [0.1, 0.15) is 6.54 Å². The van der Waals surface area contributed by atoms with Crippen LogP contribution in [0.15, 0.2) is 0 Å². The lowest BCUT2D eigenvalue weighted by atomic mass is 10.2. The van der Waals surface area contributed by atoms with Gasteiger partial charge in [0.2, 0.25) is 5.91 Å². The third-order valence-electron chi connectivity index (χ3n) is 3.03. The molecule has 0 bridgehead atoms. The van der Waals surface area contributed by atoms with Gasteiger partial charge in [0, 0.05) is 6.61 Å². The number of nitrogens with two attached hydrogens (primary N) is 1. The van der Waals surface area contributed by atoms with Crippen LogP contribution in [0, 0.1) is 13.8 Å². The molecule has 3 N–H and O–H groups in total. The summed E-state index contributed by atoms with van der Waals surface area (Å²) in [4.78, 5) is 11.8. The van der Waals surface area contributed by atoms with Crippen LogP contribution in [0.25, 0.3) is 0 Å². The number of amides is 1. The predicted molar refractivity (Wildman–Crippen MR) is 63.5 cm³/mol. The molecule has 1 aromatic rings. The van der Waals surface area contributed by atoms with Crippen molar-refractivity contribution in [3.8, 4) is 0 Å². The highest BCUT2D eigenvalue weighted by Crippen LogP contribution is 2.14. The Hall–Kier alpha value is -1.56. The molecular formula is C11H18N4O2. The molecule has 0 aromatic carbocycles. The van der Waals surface area contributed by atoms with Crippen molar-refractivity contribution >= 4 is 11.6 Å². The zero-order valence-corrected chi connectivity index (χ0v) is 10.2. The summed E-state index contributed by atoms with van der Waals surface area (Å²) < 4.78 is 6.83. The molecule has 1 aromatic heterocycles. The number of nitrogen functional groups attached to an aromatic ring is 1. The van der Waals surface area contributed by atoms with Crippen LogP contribution in [-0.2, 0) is 16.1 Å². The van der Waals surface area contributed by atoms with E-state index in [0.717, 1.165) is 24.4 Å². The van der Waals surface area contributed by atoms with Crippen LogP contribution in [-0.4, -0.2) is 34.9 Å². The summed E-state index contributed by atoms with van der Waals surface area (Å²) in [6.07, 6.45) is 0.880. The minimum absolute atomic E-state index is 0.0499. The van der Waals surface area contributed by atoms with E-state index in [2.05, 4.69) is 10.4 Å².